The maximum Gasteiger partial charge on any atom is 0.339 e. The lowest BCUT2D eigenvalue weighted by Gasteiger charge is -2.30. The Bertz CT molecular complexity index is 4480. The van der Waals surface area contributed by atoms with Crippen molar-refractivity contribution in [3.05, 3.63) is 237 Å². The first kappa shape index (κ1) is 67.6. The summed E-state index contributed by atoms with van der Waals surface area (Å²) in [6, 6.07) is 33.8. The van der Waals surface area contributed by atoms with E-state index in [4.69, 9.17) is 46.8 Å². The van der Waals surface area contributed by atoms with Crippen molar-refractivity contribution in [2.75, 3.05) is 39.6 Å². The monoisotopic (exact) mass is 1310 g/mol. The first-order valence-electron chi connectivity index (χ1n) is 32.8. The Morgan fingerprint density at radius 2 is 0.875 bits per heavy atom. The molecule has 0 unspecified atom stereocenters. The van der Waals surface area contributed by atoms with Gasteiger partial charge in [0.15, 0.2) is 5.75 Å². The number of aryl methyl sites for hydroxylation is 5. The van der Waals surface area contributed by atoms with Crippen LogP contribution in [0.4, 0.5) is 0 Å². The van der Waals surface area contributed by atoms with E-state index in [-0.39, 0.29) is 35.1 Å². The molecule has 0 N–H and O–H groups in total. The Kier molecular flexibility index (Phi) is 19.9. The Balaban J connectivity index is 0.000000149. The van der Waals surface area contributed by atoms with Crippen molar-refractivity contribution in [2.24, 2.45) is 0 Å². The van der Waals surface area contributed by atoms with Crippen LogP contribution in [0.1, 0.15) is 140 Å². The van der Waals surface area contributed by atoms with Crippen LogP contribution in [0.2, 0.25) is 0 Å². The van der Waals surface area contributed by atoms with Gasteiger partial charge in [0, 0.05) is 56.2 Å². The maximum atomic E-state index is 13.6. The van der Waals surface area contributed by atoms with Gasteiger partial charge in [0.05, 0.1) is 16.7 Å². The number of rotatable bonds is 18. The number of fused-ring (bicyclic) bond motifs is 9. The summed E-state index contributed by atoms with van der Waals surface area (Å²) in [4.78, 5) is 0.164. The molecular formula is C83H86O12S. The van der Waals surface area contributed by atoms with Crippen molar-refractivity contribution in [1.82, 2.24) is 0 Å². The second kappa shape index (κ2) is 28.2. The number of hydrogen-bond donors (Lipinski definition) is 0. The first-order valence-corrected chi connectivity index (χ1v) is 34.2. The summed E-state index contributed by atoms with van der Waals surface area (Å²) in [6.45, 7) is 35.7. The van der Waals surface area contributed by atoms with Gasteiger partial charge in [0.1, 0.15) is 113 Å². The molecule has 0 saturated heterocycles. The van der Waals surface area contributed by atoms with E-state index in [9.17, 15) is 8.42 Å². The molecule has 0 radical (unpaired) electrons. The fraction of sp³-hybridized carbons (Fsp3) is 0.277. The van der Waals surface area contributed by atoms with Crippen LogP contribution < -0.4 is 46.8 Å². The van der Waals surface area contributed by atoms with Crippen molar-refractivity contribution >= 4 is 63.3 Å². The Morgan fingerprint density at radius 3 is 1.29 bits per heavy atom. The van der Waals surface area contributed by atoms with Gasteiger partial charge in [-0.05, 0) is 213 Å². The Labute approximate surface area is 566 Å². The molecule has 0 fully saturated rings. The van der Waals surface area contributed by atoms with Gasteiger partial charge in [-0.25, -0.2) is 0 Å². The predicted octanol–water partition coefficient (Wildman–Crippen LogP) is 19.3. The highest BCUT2D eigenvalue weighted by molar-refractivity contribution is 7.87. The van der Waals surface area contributed by atoms with Crippen LogP contribution in [0.25, 0.3) is 53.2 Å². The summed E-state index contributed by atoms with van der Waals surface area (Å²) >= 11 is 0. The average molecular weight is 1310 g/mol. The van der Waals surface area contributed by atoms with Gasteiger partial charge in [0.25, 0.3) is 0 Å². The second-order valence-electron chi connectivity index (χ2n) is 26.2. The van der Waals surface area contributed by atoms with Gasteiger partial charge < -0.3 is 46.8 Å². The molecule has 13 rings (SSSR count). The molecule has 7 aromatic rings. The fourth-order valence-corrected chi connectivity index (χ4v) is 13.8. The van der Waals surface area contributed by atoms with E-state index >= 15 is 0 Å². The average Bonchev–Trinajstić information content (AvgIpc) is 0.782. The topological polar surface area (TPSA) is 126 Å². The van der Waals surface area contributed by atoms with Gasteiger partial charge in [-0.2, -0.15) is 8.42 Å². The van der Waals surface area contributed by atoms with Gasteiger partial charge in [-0.3, -0.25) is 0 Å². The minimum Gasteiger partial charge on any atom is -0.489 e. The Hall–Kier alpha value is -9.85. The van der Waals surface area contributed by atoms with E-state index in [1.54, 1.807) is 50.3 Å². The van der Waals surface area contributed by atoms with E-state index in [1.165, 1.54) is 11.1 Å². The van der Waals surface area contributed by atoms with Gasteiger partial charge >= 0.3 is 10.1 Å². The molecule has 7 aromatic carbocycles. The van der Waals surface area contributed by atoms with Crippen LogP contribution in [-0.2, 0) is 23.0 Å². The van der Waals surface area contributed by atoms with Crippen LogP contribution in [0.15, 0.2) is 164 Å². The van der Waals surface area contributed by atoms with E-state index in [0.717, 1.165) is 132 Å². The molecule has 0 aromatic heterocycles. The molecule has 12 nitrogen and oxygen atoms in total. The van der Waals surface area contributed by atoms with Crippen molar-refractivity contribution < 1.29 is 55.2 Å². The SMILES string of the molecule is C=CCOc1cc(CC)ccc1C1=Cc2ccc3c(c2OC1)C=CC(C)(C)O3.C=CCOc1cc(CCC)ccc1C1=Cc2ccc3c(c2OC1)C=CC(C)(C)O3.C=CCOc1ccc(C2=Cc3ccc4c(c3OC2)C=CC(C)(C)O4)c(OS(=O)(=O)c2c(C)cc(C)cc2C)c1. The molecule has 0 saturated carbocycles. The number of ether oxygens (including phenoxy) is 9. The summed E-state index contributed by atoms with van der Waals surface area (Å²) in [5.74, 6) is 7.39. The van der Waals surface area contributed by atoms with Gasteiger partial charge in [0.2, 0.25) is 0 Å². The standard InChI is InChI=1S/C32H32O6S.C26H28O3.C25H26O3/c1-7-14-35-25-9-10-26(29(18-25)38-39(33,34)31-21(3)15-20(2)16-22(31)4)24-17-23-8-11-28-27(30(23)36-19-24)12-13-32(5,6)37-28;1-5-7-18-8-10-21(24(15-18)27-14-6-2)20-16-19-9-11-23-22(25(19)28-17-20)12-13-26(3,4)29-23;1-5-13-26-23-14-17(6-2)7-9-20(23)19-15-18-8-10-22-21(24(18)27-16-19)11-12-25(3,4)28-22/h7-13,15-18H,1,14,19H2,2-6H3;6,8-13,15-16H,2,5,7,14,17H2,1,3-4H3;5,7-12,14-15H,1,6,13,16H2,2-4H3. The van der Waals surface area contributed by atoms with Gasteiger partial charge in [-0.15, -0.1) is 0 Å². The molecule has 0 bridgehead atoms. The smallest absolute Gasteiger partial charge is 0.339 e. The minimum absolute atomic E-state index is 0.164. The third kappa shape index (κ3) is 15.1. The zero-order valence-electron chi connectivity index (χ0n) is 57.0. The molecule has 96 heavy (non-hydrogen) atoms. The Morgan fingerprint density at radius 1 is 0.479 bits per heavy atom. The van der Waals surface area contributed by atoms with Crippen LogP contribution in [0.5, 0.6) is 57.5 Å². The third-order valence-corrected chi connectivity index (χ3v) is 18.4. The molecule has 0 aliphatic carbocycles. The van der Waals surface area contributed by atoms with E-state index < -0.39 is 15.7 Å². The van der Waals surface area contributed by atoms with Crippen LogP contribution >= 0.6 is 0 Å². The van der Waals surface area contributed by atoms with Crippen LogP contribution in [-0.4, -0.2) is 64.9 Å². The largest absolute Gasteiger partial charge is 0.489 e. The summed E-state index contributed by atoms with van der Waals surface area (Å²) in [7, 11) is -4.14. The lowest BCUT2D eigenvalue weighted by atomic mass is 9.94. The molecule has 0 amide bonds. The van der Waals surface area contributed by atoms with Crippen LogP contribution in [0, 0.1) is 20.8 Å². The second-order valence-corrected chi connectivity index (χ2v) is 27.6. The third-order valence-electron chi connectivity index (χ3n) is 16.9. The highest BCUT2D eigenvalue weighted by Gasteiger charge is 2.32. The molecule has 6 heterocycles. The summed E-state index contributed by atoms with van der Waals surface area (Å²) < 4.78 is 87.5. The molecule has 6 aliphatic heterocycles. The molecule has 0 spiro atoms. The fourth-order valence-electron chi connectivity index (χ4n) is 12.4. The lowest BCUT2D eigenvalue weighted by Crippen LogP contribution is -2.27. The number of benzene rings is 7. The summed E-state index contributed by atoms with van der Waals surface area (Å²) in [5.41, 5.74) is 15.4. The summed E-state index contributed by atoms with van der Waals surface area (Å²) in [5, 5.41) is 0. The zero-order chi connectivity index (χ0) is 68.1. The van der Waals surface area contributed by atoms with Gasteiger partial charge in [-0.1, -0.05) is 100 Å². The highest BCUT2D eigenvalue weighted by Crippen LogP contribution is 2.48. The zero-order valence-corrected chi connectivity index (χ0v) is 57.9. The van der Waals surface area contributed by atoms with E-state index in [2.05, 4.69) is 146 Å². The highest BCUT2D eigenvalue weighted by atomic mass is 32.2. The maximum absolute atomic E-state index is 13.6. The predicted molar refractivity (Wildman–Crippen MR) is 389 cm³/mol. The molecule has 0 atom stereocenters. The van der Waals surface area contributed by atoms with Crippen molar-refractivity contribution in [3.63, 3.8) is 0 Å². The van der Waals surface area contributed by atoms with Crippen molar-refractivity contribution in [1.29, 1.82) is 0 Å². The molecular weight excluding hydrogens is 1220 g/mol. The molecule has 496 valence electrons. The molecule has 13 heteroatoms. The first-order chi connectivity index (χ1) is 46.0. The van der Waals surface area contributed by atoms with E-state index in [1.807, 2.05) is 75.4 Å². The van der Waals surface area contributed by atoms with Crippen LogP contribution in [0.3, 0.4) is 0 Å². The number of hydrogen-bond acceptors (Lipinski definition) is 12. The normalized spacial score (nSPS) is 15.8. The lowest BCUT2D eigenvalue weighted by molar-refractivity contribution is 0.157. The van der Waals surface area contributed by atoms with Crippen molar-refractivity contribution in [2.45, 2.75) is 117 Å². The summed E-state index contributed by atoms with van der Waals surface area (Å²) in [6.07, 6.45) is 27.0. The molecule has 6 aliphatic rings. The quantitative estimate of drug-likeness (QED) is 0.0600. The minimum atomic E-state index is -4.14. The van der Waals surface area contributed by atoms with E-state index in [0.29, 0.717) is 48.9 Å². The van der Waals surface area contributed by atoms with Crippen molar-refractivity contribution in [3.8, 4) is 57.5 Å².